The van der Waals surface area contributed by atoms with E-state index in [1.54, 1.807) is 18.1 Å². The van der Waals surface area contributed by atoms with Crippen LogP contribution < -0.4 is 15.0 Å². The first-order chi connectivity index (χ1) is 14.1. The van der Waals surface area contributed by atoms with Crippen LogP contribution in [0.2, 0.25) is 0 Å². The third kappa shape index (κ3) is 5.10. The number of nitrogens with zero attached hydrogens (tertiary/aromatic N) is 3. The molecule has 0 saturated heterocycles. The Labute approximate surface area is 171 Å². The van der Waals surface area contributed by atoms with Gasteiger partial charge in [-0.05, 0) is 50.1 Å². The van der Waals surface area contributed by atoms with E-state index >= 15 is 0 Å². The van der Waals surface area contributed by atoms with Crippen LogP contribution >= 0.6 is 0 Å². The normalized spacial score (nSPS) is 10.4. The summed E-state index contributed by atoms with van der Waals surface area (Å²) in [5.74, 6) is 1.17. The molecule has 2 aromatic carbocycles. The SMILES string of the molecule is CCN(C(=O)c1cc(C)nc(NCCc2ccccc2OC)n1)c1ccccc1. The summed E-state index contributed by atoms with van der Waals surface area (Å²) in [6.45, 7) is 5.00. The summed E-state index contributed by atoms with van der Waals surface area (Å²) in [6, 6.07) is 19.2. The summed E-state index contributed by atoms with van der Waals surface area (Å²) in [7, 11) is 1.67. The first-order valence-electron chi connectivity index (χ1n) is 9.70. The maximum Gasteiger partial charge on any atom is 0.277 e. The van der Waals surface area contributed by atoms with Crippen LogP contribution in [0.4, 0.5) is 11.6 Å². The van der Waals surface area contributed by atoms with Crippen LogP contribution in [0.5, 0.6) is 5.75 Å². The van der Waals surface area contributed by atoms with Crippen molar-refractivity contribution in [3.63, 3.8) is 0 Å². The molecule has 3 rings (SSSR count). The molecule has 150 valence electrons. The summed E-state index contributed by atoms with van der Waals surface area (Å²) in [5.41, 5.74) is 3.07. The number of aryl methyl sites for hydroxylation is 1. The van der Waals surface area contributed by atoms with Crippen LogP contribution in [0, 0.1) is 6.92 Å². The lowest BCUT2D eigenvalue weighted by Gasteiger charge is -2.21. The molecule has 6 heteroatoms. The van der Waals surface area contributed by atoms with E-state index in [0.29, 0.717) is 24.7 Å². The van der Waals surface area contributed by atoms with Crippen molar-refractivity contribution in [2.24, 2.45) is 0 Å². The first-order valence-corrected chi connectivity index (χ1v) is 9.70. The molecule has 0 radical (unpaired) electrons. The number of aromatic nitrogens is 2. The zero-order valence-corrected chi connectivity index (χ0v) is 17.1. The number of hydrogen-bond acceptors (Lipinski definition) is 5. The molecule has 0 aliphatic carbocycles. The monoisotopic (exact) mass is 390 g/mol. The Morgan fingerprint density at radius 2 is 1.79 bits per heavy atom. The number of nitrogens with one attached hydrogen (secondary N) is 1. The lowest BCUT2D eigenvalue weighted by molar-refractivity contribution is 0.0983. The van der Waals surface area contributed by atoms with Gasteiger partial charge in [0.1, 0.15) is 11.4 Å². The van der Waals surface area contributed by atoms with E-state index in [2.05, 4.69) is 15.3 Å². The van der Waals surface area contributed by atoms with Crippen LogP contribution in [0.3, 0.4) is 0 Å². The summed E-state index contributed by atoms with van der Waals surface area (Å²) in [5, 5.41) is 3.23. The van der Waals surface area contributed by atoms with Gasteiger partial charge in [0.2, 0.25) is 5.95 Å². The van der Waals surface area contributed by atoms with Crippen LogP contribution in [-0.2, 0) is 6.42 Å². The van der Waals surface area contributed by atoms with Gasteiger partial charge < -0.3 is 15.0 Å². The number of amides is 1. The van der Waals surface area contributed by atoms with E-state index in [0.717, 1.165) is 29.1 Å². The van der Waals surface area contributed by atoms with E-state index in [-0.39, 0.29) is 5.91 Å². The minimum atomic E-state index is -0.142. The van der Waals surface area contributed by atoms with Crippen molar-refractivity contribution < 1.29 is 9.53 Å². The van der Waals surface area contributed by atoms with Gasteiger partial charge in [-0.1, -0.05) is 36.4 Å². The molecule has 0 fully saturated rings. The minimum Gasteiger partial charge on any atom is -0.496 e. The summed E-state index contributed by atoms with van der Waals surface area (Å²) in [6.07, 6.45) is 0.760. The molecule has 0 saturated carbocycles. The smallest absolute Gasteiger partial charge is 0.277 e. The summed E-state index contributed by atoms with van der Waals surface area (Å²) < 4.78 is 5.39. The highest BCUT2D eigenvalue weighted by molar-refractivity contribution is 6.04. The van der Waals surface area contributed by atoms with Crippen molar-refractivity contribution in [2.45, 2.75) is 20.3 Å². The van der Waals surface area contributed by atoms with Crippen molar-refractivity contribution >= 4 is 17.5 Å². The molecule has 0 aliphatic heterocycles. The molecular weight excluding hydrogens is 364 g/mol. The van der Waals surface area contributed by atoms with Gasteiger partial charge in [-0.2, -0.15) is 0 Å². The van der Waals surface area contributed by atoms with E-state index in [1.165, 1.54) is 0 Å². The van der Waals surface area contributed by atoms with E-state index in [4.69, 9.17) is 4.74 Å². The van der Waals surface area contributed by atoms with Gasteiger partial charge in [0.25, 0.3) is 5.91 Å². The second kappa shape index (κ2) is 9.68. The number of carbonyl (C=O) groups is 1. The van der Waals surface area contributed by atoms with E-state index < -0.39 is 0 Å². The van der Waals surface area contributed by atoms with Gasteiger partial charge in [0, 0.05) is 24.5 Å². The average molecular weight is 390 g/mol. The number of rotatable bonds is 8. The molecule has 3 aromatic rings. The highest BCUT2D eigenvalue weighted by Crippen LogP contribution is 2.19. The summed E-state index contributed by atoms with van der Waals surface area (Å²) in [4.78, 5) is 23.6. The van der Waals surface area contributed by atoms with Gasteiger partial charge in [0.15, 0.2) is 0 Å². The largest absolute Gasteiger partial charge is 0.496 e. The first kappa shape index (κ1) is 20.3. The zero-order valence-electron chi connectivity index (χ0n) is 17.1. The summed E-state index contributed by atoms with van der Waals surface area (Å²) >= 11 is 0. The molecule has 1 amide bonds. The third-order valence-electron chi connectivity index (χ3n) is 4.57. The molecule has 6 nitrogen and oxygen atoms in total. The zero-order chi connectivity index (χ0) is 20.6. The molecule has 0 bridgehead atoms. The van der Waals surface area contributed by atoms with E-state index in [9.17, 15) is 4.79 Å². The number of ether oxygens (including phenoxy) is 1. The third-order valence-corrected chi connectivity index (χ3v) is 4.57. The van der Waals surface area contributed by atoms with Gasteiger partial charge in [0.05, 0.1) is 7.11 Å². The van der Waals surface area contributed by atoms with Gasteiger partial charge in [-0.15, -0.1) is 0 Å². The van der Waals surface area contributed by atoms with Crippen LogP contribution in [-0.4, -0.2) is 36.1 Å². The number of para-hydroxylation sites is 2. The molecule has 1 heterocycles. The minimum absolute atomic E-state index is 0.142. The van der Waals surface area contributed by atoms with Crippen molar-refractivity contribution in [3.8, 4) is 5.75 Å². The maximum absolute atomic E-state index is 13.1. The van der Waals surface area contributed by atoms with Crippen LogP contribution in [0.1, 0.15) is 28.7 Å². The molecule has 29 heavy (non-hydrogen) atoms. The second-order valence-electron chi connectivity index (χ2n) is 6.59. The Balaban J connectivity index is 1.73. The van der Waals surface area contributed by atoms with Crippen LogP contribution in [0.15, 0.2) is 60.7 Å². The molecule has 1 aromatic heterocycles. The fourth-order valence-electron chi connectivity index (χ4n) is 3.17. The molecule has 1 N–H and O–H groups in total. The lowest BCUT2D eigenvalue weighted by atomic mass is 10.1. The number of anilines is 2. The van der Waals surface area contributed by atoms with Crippen molar-refractivity contribution in [3.05, 3.63) is 77.6 Å². The number of benzene rings is 2. The Morgan fingerprint density at radius 3 is 2.52 bits per heavy atom. The van der Waals surface area contributed by atoms with Crippen molar-refractivity contribution in [2.75, 3.05) is 30.4 Å². The number of carbonyl (C=O) groups excluding carboxylic acids is 1. The van der Waals surface area contributed by atoms with E-state index in [1.807, 2.05) is 68.4 Å². The molecule has 0 atom stereocenters. The quantitative estimate of drug-likeness (QED) is 0.627. The molecule has 0 unspecified atom stereocenters. The van der Waals surface area contributed by atoms with Crippen LogP contribution in [0.25, 0.3) is 0 Å². The average Bonchev–Trinajstić information content (AvgIpc) is 2.75. The van der Waals surface area contributed by atoms with Gasteiger partial charge in [-0.25, -0.2) is 9.97 Å². The maximum atomic E-state index is 13.1. The molecule has 0 aliphatic rings. The van der Waals surface area contributed by atoms with Gasteiger partial charge >= 0.3 is 0 Å². The predicted molar refractivity (Wildman–Crippen MR) is 116 cm³/mol. The fraction of sp³-hybridized carbons (Fsp3) is 0.261. The lowest BCUT2D eigenvalue weighted by Crippen LogP contribution is -2.31. The van der Waals surface area contributed by atoms with Gasteiger partial charge in [-0.3, -0.25) is 4.79 Å². The van der Waals surface area contributed by atoms with Crippen molar-refractivity contribution in [1.29, 1.82) is 0 Å². The number of methoxy groups -OCH3 is 1. The Bertz CT molecular complexity index is 960. The fourth-order valence-corrected chi connectivity index (χ4v) is 3.17. The highest BCUT2D eigenvalue weighted by Gasteiger charge is 2.18. The predicted octanol–water partition coefficient (Wildman–Crippen LogP) is 4.11. The standard InChI is InChI=1S/C23H26N4O2/c1-4-27(19-11-6-5-7-12-19)22(28)20-16-17(2)25-23(26-20)24-15-14-18-10-8-9-13-21(18)29-3/h5-13,16H,4,14-15H2,1-3H3,(H,24,25,26). The topological polar surface area (TPSA) is 67.4 Å². The highest BCUT2D eigenvalue weighted by atomic mass is 16.5. The Hall–Kier alpha value is -3.41. The Morgan fingerprint density at radius 1 is 1.07 bits per heavy atom. The second-order valence-corrected chi connectivity index (χ2v) is 6.59. The molecule has 0 spiro atoms. The van der Waals surface area contributed by atoms with Crippen molar-refractivity contribution in [1.82, 2.24) is 9.97 Å². The Kier molecular flexibility index (Phi) is 6.79. The molecular formula is C23H26N4O2. The number of hydrogen-bond donors (Lipinski definition) is 1.